The summed E-state index contributed by atoms with van der Waals surface area (Å²) in [6.45, 7) is 2.31. The molecular formula is C18H21ClN4O. The molecule has 5 nitrogen and oxygen atoms in total. The van der Waals surface area contributed by atoms with Crippen LogP contribution in [0.15, 0.2) is 30.3 Å². The van der Waals surface area contributed by atoms with Gasteiger partial charge < -0.3 is 10.6 Å². The first kappa shape index (κ1) is 16.7. The summed E-state index contributed by atoms with van der Waals surface area (Å²) in [4.78, 5) is 21.1. The lowest BCUT2D eigenvalue weighted by atomic mass is 10.2. The lowest BCUT2D eigenvalue weighted by molar-refractivity contribution is 0.0945. The van der Waals surface area contributed by atoms with Gasteiger partial charge in [0, 0.05) is 23.3 Å². The van der Waals surface area contributed by atoms with Crippen molar-refractivity contribution in [1.82, 2.24) is 15.3 Å². The van der Waals surface area contributed by atoms with E-state index in [1.165, 1.54) is 12.8 Å². The van der Waals surface area contributed by atoms with Crippen molar-refractivity contribution in [3.8, 4) is 0 Å². The highest BCUT2D eigenvalue weighted by molar-refractivity contribution is 6.30. The van der Waals surface area contributed by atoms with Crippen LogP contribution in [0.2, 0.25) is 5.02 Å². The highest BCUT2D eigenvalue weighted by Crippen LogP contribution is 2.21. The lowest BCUT2D eigenvalue weighted by Gasteiger charge is -2.13. The quantitative estimate of drug-likeness (QED) is 0.867. The highest BCUT2D eigenvalue weighted by Gasteiger charge is 2.17. The number of aryl methyl sites for hydroxylation is 1. The zero-order valence-corrected chi connectivity index (χ0v) is 14.4. The average Bonchev–Trinajstić information content (AvgIpc) is 3.06. The van der Waals surface area contributed by atoms with E-state index < -0.39 is 0 Å². The van der Waals surface area contributed by atoms with E-state index in [0.717, 1.165) is 24.1 Å². The smallest absolute Gasteiger partial charge is 0.270 e. The zero-order valence-electron chi connectivity index (χ0n) is 13.7. The molecule has 126 valence electrons. The maximum absolute atomic E-state index is 12.4. The van der Waals surface area contributed by atoms with E-state index in [4.69, 9.17) is 11.6 Å². The fourth-order valence-electron chi connectivity index (χ4n) is 2.88. The minimum atomic E-state index is -0.204. The molecule has 1 aliphatic carbocycles. The molecule has 6 heteroatoms. The molecule has 0 aliphatic heterocycles. The van der Waals surface area contributed by atoms with E-state index in [9.17, 15) is 4.79 Å². The summed E-state index contributed by atoms with van der Waals surface area (Å²) in [5, 5.41) is 6.90. The van der Waals surface area contributed by atoms with Crippen LogP contribution >= 0.6 is 11.6 Å². The number of nitrogens with zero attached hydrogens (tertiary/aromatic N) is 2. The average molecular weight is 345 g/mol. The Hall–Kier alpha value is -2.14. The molecule has 1 fully saturated rings. The van der Waals surface area contributed by atoms with Crippen LogP contribution in [0.4, 0.5) is 5.95 Å². The normalized spacial score (nSPS) is 14.6. The Morgan fingerprint density at radius 2 is 1.92 bits per heavy atom. The summed E-state index contributed by atoms with van der Waals surface area (Å²) in [7, 11) is 0. The molecule has 0 bridgehead atoms. The monoisotopic (exact) mass is 344 g/mol. The van der Waals surface area contributed by atoms with Crippen molar-refractivity contribution < 1.29 is 4.79 Å². The molecule has 3 rings (SSSR count). The number of amides is 1. The number of carbonyl (C=O) groups is 1. The summed E-state index contributed by atoms with van der Waals surface area (Å²) in [6, 6.07) is 9.51. The maximum atomic E-state index is 12.4. The van der Waals surface area contributed by atoms with Crippen LogP contribution in [0, 0.1) is 6.92 Å². The van der Waals surface area contributed by atoms with Gasteiger partial charge in [-0.15, -0.1) is 0 Å². The third-order valence-electron chi connectivity index (χ3n) is 4.14. The Balaban J connectivity index is 1.65. The van der Waals surface area contributed by atoms with Crippen molar-refractivity contribution in [2.24, 2.45) is 0 Å². The molecule has 2 aromatic rings. The van der Waals surface area contributed by atoms with Crippen LogP contribution in [0.5, 0.6) is 0 Å². The van der Waals surface area contributed by atoms with Gasteiger partial charge in [-0.1, -0.05) is 36.6 Å². The minimum Gasteiger partial charge on any atom is -0.351 e. The molecular weight excluding hydrogens is 324 g/mol. The number of anilines is 1. The van der Waals surface area contributed by atoms with E-state index in [2.05, 4.69) is 20.6 Å². The third kappa shape index (κ3) is 4.45. The van der Waals surface area contributed by atoms with Gasteiger partial charge in [-0.3, -0.25) is 4.79 Å². The zero-order chi connectivity index (χ0) is 16.9. The van der Waals surface area contributed by atoms with Gasteiger partial charge in [0.15, 0.2) is 0 Å². The molecule has 1 aromatic heterocycles. The molecule has 0 saturated heterocycles. The first-order valence-electron chi connectivity index (χ1n) is 8.25. The summed E-state index contributed by atoms with van der Waals surface area (Å²) < 4.78 is 0. The van der Waals surface area contributed by atoms with Crippen LogP contribution in [0.1, 0.15) is 47.4 Å². The molecule has 0 unspecified atom stereocenters. The predicted octanol–water partition coefficient (Wildman–Crippen LogP) is 3.72. The molecule has 24 heavy (non-hydrogen) atoms. The summed E-state index contributed by atoms with van der Waals surface area (Å²) in [6.07, 6.45) is 4.74. The van der Waals surface area contributed by atoms with Crippen molar-refractivity contribution >= 4 is 23.5 Å². The fourth-order valence-corrected chi connectivity index (χ4v) is 3.00. The topological polar surface area (TPSA) is 66.9 Å². The minimum absolute atomic E-state index is 0.204. The van der Waals surface area contributed by atoms with E-state index in [-0.39, 0.29) is 5.91 Å². The number of nitrogens with one attached hydrogen (secondary N) is 2. The van der Waals surface area contributed by atoms with Crippen LogP contribution in [0.3, 0.4) is 0 Å². The predicted molar refractivity (Wildman–Crippen MR) is 95.3 cm³/mol. The van der Waals surface area contributed by atoms with Gasteiger partial charge in [0.25, 0.3) is 5.91 Å². The second-order valence-corrected chi connectivity index (χ2v) is 6.59. The Kier molecular flexibility index (Phi) is 5.30. The molecule has 1 saturated carbocycles. The Bertz CT molecular complexity index is 711. The van der Waals surface area contributed by atoms with E-state index in [1.54, 1.807) is 6.07 Å². The Labute approximate surface area is 146 Å². The fraction of sp³-hybridized carbons (Fsp3) is 0.389. The molecule has 0 atom stereocenters. The lowest BCUT2D eigenvalue weighted by Crippen LogP contribution is -2.25. The number of benzene rings is 1. The number of hydrogen-bond donors (Lipinski definition) is 2. The molecule has 1 heterocycles. The van der Waals surface area contributed by atoms with Gasteiger partial charge in [-0.05, 0) is 43.5 Å². The SMILES string of the molecule is Cc1cc(C(=O)NCc2ccc(Cl)cc2)nc(NC2CCCC2)n1. The van der Waals surface area contributed by atoms with Gasteiger partial charge in [-0.25, -0.2) is 9.97 Å². The maximum Gasteiger partial charge on any atom is 0.270 e. The van der Waals surface area contributed by atoms with Gasteiger partial charge in [0.2, 0.25) is 5.95 Å². The molecule has 1 aliphatic rings. The van der Waals surface area contributed by atoms with E-state index in [1.807, 2.05) is 31.2 Å². The summed E-state index contributed by atoms with van der Waals surface area (Å²) in [5.41, 5.74) is 2.15. The summed E-state index contributed by atoms with van der Waals surface area (Å²) >= 11 is 5.86. The Morgan fingerprint density at radius 3 is 2.62 bits per heavy atom. The first-order chi connectivity index (χ1) is 11.6. The van der Waals surface area contributed by atoms with E-state index in [0.29, 0.717) is 29.3 Å². The van der Waals surface area contributed by atoms with Gasteiger partial charge in [0.1, 0.15) is 5.69 Å². The standard InChI is InChI=1S/C18H21ClN4O/c1-12-10-16(23-18(21-12)22-15-4-2-3-5-15)17(24)20-11-13-6-8-14(19)9-7-13/h6-10,15H,2-5,11H2,1H3,(H,20,24)(H,21,22,23). The number of rotatable bonds is 5. The third-order valence-corrected chi connectivity index (χ3v) is 4.39. The van der Waals surface area contributed by atoms with Crippen LogP contribution in [0.25, 0.3) is 0 Å². The molecule has 2 N–H and O–H groups in total. The van der Waals surface area contributed by atoms with Crippen LogP contribution < -0.4 is 10.6 Å². The molecule has 1 amide bonds. The van der Waals surface area contributed by atoms with Crippen molar-refractivity contribution in [2.45, 2.75) is 45.2 Å². The molecule has 1 aromatic carbocycles. The summed E-state index contributed by atoms with van der Waals surface area (Å²) in [5.74, 6) is 0.337. The number of aromatic nitrogens is 2. The van der Waals surface area contributed by atoms with Gasteiger partial charge in [0.05, 0.1) is 0 Å². The van der Waals surface area contributed by atoms with Crippen molar-refractivity contribution in [1.29, 1.82) is 0 Å². The van der Waals surface area contributed by atoms with Crippen molar-refractivity contribution in [3.63, 3.8) is 0 Å². The Morgan fingerprint density at radius 1 is 1.21 bits per heavy atom. The highest BCUT2D eigenvalue weighted by atomic mass is 35.5. The first-order valence-corrected chi connectivity index (χ1v) is 8.63. The number of halogens is 1. The number of carbonyl (C=O) groups excluding carboxylic acids is 1. The van der Waals surface area contributed by atoms with Crippen LogP contribution in [-0.4, -0.2) is 21.9 Å². The largest absolute Gasteiger partial charge is 0.351 e. The molecule has 0 spiro atoms. The molecule has 0 radical (unpaired) electrons. The number of hydrogen-bond acceptors (Lipinski definition) is 4. The van der Waals surface area contributed by atoms with Gasteiger partial charge in [-0.2, -0.15) is 0 Å². The van der Waals surface area contributed by atoms with Crippen molar-refractivity contribution in [3.05, 3.63) is 52.3 Å². The van der Waals surface area contributed by atoms with Crippen molar-refractivity contribution in [2.75, 3.05) is 5.32 Å². The second-order valence-electron chi connectivity index (χ2n) is 6.15. The second kappa shape index (κ2) is 7.62. The van der Waals surface area contributed by atoms with Gasteiger partial charge >= 0.3 is 0 Å². The van der Waals surface area contributed by atoms with E-state index >= 15 is 0 Å². The van der Waals surface area contributed by atoms with Crippen LogP contribution in [-0.2, 0) is 6.54 Å².